The molecule has 1 amide bonds. The van der Waals surface area contributed by atoms with E-state index in [2.05, 4.69) is 5.32 Å². The summed E-state index contributed by atoms with van der Waals surface area (Å²) in [6.45, 7) is 4.14. The van der Waals surface area contributed by atoms with Crippen LogP contribution in [0.2, 0.25) is 5.02 Å². The number of ether oxygens (including phenoxy) is 1. The maximum Gasteiger partial charge on any atom is 0.271 e. The Labute approximate surface area is 237 Å². The van der Waals surface area contributed by atoms with E-state index in [-0.39, 0.29) is 27.9 Å². The molecule has 0 spiro atoms. The molecule has 2 aromatic heterocycles. The number of hydrogen-bond donors (Lipinski definition) is 1. The van der Waals surface area contributed by atoms with Crippen molar-refractivity contribution in [1.82, 2.24) is 9.55 Å². The van der Waals surface area contributed by atoms with Gasteiger partial charge in [-0.3, -0.25) is 24.3 Å². The Bertz CT molecular complexity index is 1630. The standard InChI is InChI=1S/C27H25ClN4O5S2/c1-3-37-18-11-8-16(9-12-18)31-26(34)23-19-6-4-5-7-22(19)39-25(23)30-27(31)38-15(2)24(33)29-21-13-10-17(32(35)36)14-20(21)28/h8-15H,3-7H2,1-2H3,(H,29,33). The van der Waals surface area contributed by atoms with Crippen molar-refractivity contribution >= 4 is 62.2 Å². The molecule has 0 saturated heterocycles. The van der Waals surface area contributed by atoms with E-state index in [1.807, 2.05) is 19.1 Å². The van der Waals surface area contributed by atoms with Crippen molar-refractivity contribution in [3.8, 4) is 11.4 Å². The number of nitro groups is 1. The second-order valence-corrected chi connectivity index (χ2v) is 11.8. The van der Waals surface area contributed by atoms with Crippen LogP contribution < -0.4 is 15.6 Å². The van der Waals surface area contributed by atoms with E-state index in [4.69, 9.17) is 21.3 Å². The number of non-ortho nitro benzene ring substituents is 1. The van der Waals surface area contributed by atoms with E-state index in [9.17, 15) is 19.7 Å². The molecule has 39 heavy (non-hydrogen) atoms. The molecule has 0 saturated carbocycles. The van der Waals surface area contributed by atoms with E-state index in [0.717, 1.165) is 43.0 Å². The molecule has 1 aliphatic rings. The summed E-state index contributed by atoms with van der Waals surface area (Å²) in [6.07, 6.45) is 3.93. The number of thioether (sulfide) groups is 1. The number of aromatic nitrogens is 2. The summed E-state index contributed by atoms with van der Waals surface area (Å²) in [4.78, 5) is 44.3. The minimum Gasteiger partial charge on any atom is -0.494 e. The highest BCUT2D eigenvalue weighted by Gasteiger charge is 2.25. The predicted molar refractivity (Wildman–Crippen MR) is 155 cm³/mol. The number of carbonyl (C=O) groups excluding carboxylic acids is 1. The van der Waals surface area contributed by atoms with Gasteiger partial charge < -0.3 is 10.1 Å². The molecule has 0 fully saturated rings. The van der Waals surface area contributed by atoms with Crippen LogP contribution in [0.15, 0.2) is 52.4 Å². The maximum atomic E-state index is 14.0. The van der Waals surface area contributed by atoms with Crippen LogP contribution in [-0.2, 0) is 17.6 Å². The SMILES string of the molecule is CCOc1ccc(-n2c(SC(C)C(=O)Nc3ccc([N+](=O)[O-])cc3Cl)nc3sc4c(c3c2=O)CCCC4)cc1. The minimum absolute atomic E-state index is 0.0600. The van der Waals surface area contributed by atoms with Gasteiger partial charge >= 0.3 is 0 Å². The Morgan fingerprint density at radius 3 is 2.69 bits per heavy atom. The number of amides is 1. The van der Waals surface area contributed by atoms with E-state index in [0.29, 0.717) is 33.4 Å². The first kappa shape index (κ1) is 27.2. The number of rotatable bonds is 8. The molecule has 0 bridgehead atoms. The van der Waals surface area contributed by atoms with Gasteiger partial charge in [0.15, 0.2) is 5.16 Å². The lowest BCUT2D eigenvalue weighted by atomic mass is 9.97. The molecular weight excluding hydrogens is 560 g/mol. The molecule has 1 aliphatic carbocycles. The van der Waals surface area contributed by atoms with Crippen LogP contribution in [0.1, 0.15) is 37.1 Å². The second-order valence-electron chi connectivity index (χ2n) is 9.02. The third-order valence-corrected chi connectivity index (χ3v) is 8.99. The van der Waals surface area contributed by atoms with Gasteiger partial charge in [-0.15, -0.1) is 11.3 Å². The number of aryl methyl sites for hydroxylation is 2. The second kappa shape index (κ2) is 11.4. The molecule has 1 atom stereocenters. The number of benzene rings is 2. The first-order chi connectivity index (χ1) is 18.8. The van der Waals surface area contributed by atoms with Gasteiger partial charge in [-0.05, 0) is 75.4 Å². The Balaban J connectivity index is 1.51. The van der Waals surface area contributed by atoms with E-state index in [1.54, 1.807) is 35.0 Å². The molecule has 9 nitrogen and oxygen atoms in total. The summed E-state index contributed by atoms with van der Waals surface area (Å²) in [5.74, 6) is 0.312. The lowest BCUT2D eigenvalue weighted by Gasteiger charge is -2.17. The number of hydrogen-bond acceptors (Lipinski definition) is 8. The maximum absolute atomic E-state index is 14.0. The van der Waals surface area contributed by atoms with Gasteiger partial charge in [0.25, 0.3) is 11.2 Å². The fraction of sp³-hybridized carbons (Fsp3) is 0.296. The van der Waals surface area contributed by atoms with Crippen LogP contribution in [0.4, 0.5) is 11.4 Å². The summed E-state index contributed by atoms with van der Waals surface area (Å²) in [5, 5.41) is 14.2. The average molecular weight is 585 g/mol. The van der Waals surface area contributed by atoms with Crippen molar-refractivity contribution in [2.75, 3.05) is 11.9 Å². The molecule has 202 valence electrons. The lowest BCUT2D eigenvalue weighted by Crippen LogP contribution is -2.26. The molecule has 1 unspecified atom stereocenters. The summed E-state index contributed by atoms with van der Waals surface area (Å²) in [7, 11) is 0. The van der Waals surface area contributed by atoms with Gasteiger partial charge in [0, 0.05) is 17.0 Å². The van der Waals surface area contributed by atoms with E-state index < -0.39 is 10.2 Å². The molecule has 4 aromatic rings. The zero-order chi connectivity index (χ0) is 27.7. The van der Waals surface area contributed by atoms with Crippen molar-refractivity contribution in [3.63, 3.8) is 0 Å². The van der Waals surface area contributed by atoms with Gasteiger partial charge in [-0.2, -0.15) is 0 Å². The number of nitro benzene ring substituents is 1. The first-order valence-corrected chi connectivity index (χ1v) is 14.6. The summed E-state index contributed by atoms with van der Waals surface area (Å²) >= 11 is 8.88. The number of halogens is 1. The van der Waals surface area contributed by atoms with E-state index >= 15 is 0 Å². The fourth-order valence-electron chi connectivity index (χ4n) is 4.52. The molecule has 0 aliphatic heterocycles. The van der Waals surface area contributed by atoms with Gasteiger partial charge in [0.05, 0.1) is 38.6 Å². The lowest BCUT2D eigenvalue weighted by molar-refractivity contribution is -0.384. The highest BCUT2D eigenvalue weighted by molar-refractivity contribution is 8.00. The number of carbonyl (C=O) groups is 1. The van der Waals surface area contributed by atoms with Crippen LogP contribution in [0.25, 0.3) is 15.9 Å². The average Bonchev–Trinajstić information content (AvgIpc) is 3.29. The number of nitrogens with zero attached hydrogens (tertiary/aromatic N) is 3. The smallest absolute Gasteiger partial charge is 0.271 e. The van der Waals surface area contributed by atoms with Gasteiger partial charge in [0.1, 0.15) is 10.6 Å². The molecule has 5 rings (SSSR count). The number of thiophene rings is 1. The van der Waals surface area contributed by atoms with Gasteiger partial charge in [0.2, 0.25) is 5.91 Å². The summed E-state index contributed by atoms with van der Waals surface area (Å²) < 4.78 is 7.13. The van der Waals surface area contributed by atoms with E-state index in [1.165, 1.54) is 23.1 Å². The Hall–Kier alpha value is -3.41. The quantitative estimate of drug-likeness (QED) is 0.110. The monoisotopic (exact) mass is 584 g/mol. The number of fused-ring (bicyclic) bond motifs is 3. The van der Waals surface area contributed by atoms with Crippen LogP contribution in [-0.4, -0.2) is 32.2 Å². The number of nitrogens with one attached hydrogen (secondary N) is 1. The Kier molecular flexibility index (Phi) is 7.92. The van der Waals surface area contributed by atoms with Crippen LogP contribution >= 0.6 is 34.7 Å². The molecule has 2 aromatic carbocycles. The van der Waals surface area contributed by atoms with Gasteiger partial charge in [-0.25, -0.2) is 4.98 Å². The van der Waals surface area contributed by atoms with Crippen LogP contribution in [0, 0.1) is 10.1 Å². The number of anilines is 1. The molecule has 0 radical (unpaired) electrons. The highest BCUT2D eigenvalue weighted by Crippen LogP contribution is 2.36. The third kappa shape index (κ3) is 5.52. The molecule has 1 N–H and O–H groups in total. The zero-order valence-electron chi connectivity index (χ0n) is 21.2. The van der Waals surface area contributed by atoms with Crippen LogP contribution in [0.5, 0.6) is 5.75 Å². The minimum atomic E-state index is -0.663. The van der Waals surface area contributed by atoms with Crippen molar-refractivity contribution in [2.24, 2.45) is 0 Å². The molecule has 12 heteroatoms. The topological polar surface area (TPSA) is 116 Å². The normalized spacial score (nSPS) is 13.6. The van der Waals surface area contributed by atoms with Crippen molar-refractivity contribution < 1.29 is 14.5 Å². The van der Waals surface area contributed by atoms with Gasteiger partial charge in [-0.1, -0.05) is 23.4 Å². The molecule has 2 heterocycles. The molecular formula is C27H25ClN4O5S2. The highest BCUT2D eigenvalue weighted by atomic mass is 35.5. The van der Waals surface area contributed by atoms with Crippen molar-refractivity contribution in [1.29, 1.82) is 0 Å². The fourth-order valence-corrected chi connectivity index (χ4v) is 6.97. The summed E-state index contributed by atoms with van der Waals surface area (Å²) in [5.41, 5.74) is 1.65. The van der Waals surface area contributed by atoms with Crippen molar-refractivity contribution in [2.45, 2.75) is 49.9 Å². The predicted octanol–water partition coefficient (Wildman–Crippen LogP) is 6.41. The Morgan fingerprint density at radius 2 is 2.00 bits per heavy atom. The largest absolute Gasteiger partial charge is 0.494 e. The first-order valence-electron chi connectivity index (χ1n) is 12.5. The van der Waals surface area contributed by atoms with Crippen molar-refractivity contribution in [3.05, 3.63) is 78.4 Å². The zero-order valence-corrected chi connectivity index (χ0v) is 23.6. The third-order valence-electron chi connectivity index (χ3n) is 6.44. The summed E-state index contributed by atoms with van der Waals surface area (Å²) in [6, 6.07) is 11.1. The Morgan fingerprint density at radius 1 is 1.26 bits per heavy atom. The van der Waals surface area contributed by atoms with Crippen LogP contribution in [0.3, 0.4) is 0 Å².